The summed E-state index contributed by atoms with van der Waals surface area (Å²) in [7, 11) is 0. The van der Waals surface area contributed by atoms with E-state index >= 15 is 0 Å². The number of nitrogens with zero attached hydrogens (tertiary/aromatic N) is 1. The Balaban J connectivity index is 1.95. The first-order valence-corrected chi connectivity index (χ1v) is 9.96. The number of amides is 2. The van der Waals surface area contributed by atoms with Crippen molar-refractivity contribution >= 4 is 11.8 Å². The van der Waals surface area contributed by atoms with Gasteiger partial charge in [-0.2, -0.15) is 0 Å². The van der Waals surface area contributed by atoms with Crippen molar-refractivity contribution in [1.29, 1.82) is 0 Å². The van der Waals surface area contributed by atoms with E-state index in [0.717, 1.165) is 18.4 Å². The lowest BCUT2D eigenvalue weighted by atomic mass is 9.78. The number of benzene rings is 1. The molecule has 5 nitrogen and oxygen atoms in total. The summed E-state index contributed by atoms with van der Waals surface area (Å²) in [6.45, 7) is 8.41. The third-order valence-electron chi connectivity index (χ3n) is 5.57. The molecule has 2 fully saturated rings. The third-order valence-corrected chi connectivity index (χ3v) is 5.57. The van der Waals surface area contributed by atoms with E-state index in [2.05, 4.69) is 26.1 Å². The van der Waals surface area contributed by atoms with Crippen LogP contribution in [-0.4, -0.2) is 40.0 Å². The number of piperidine rings is 1. The second-order valence-corrected chi connectivity index (χ2v) is 9.55. The van der Waals surface area contributed by atoms with E-state index in [1.165, 1.54) is 0 Å². The van der Waals surface area contributed by atoms with Crippen molar-refractivity contribution in [2.45, 2.75) is 71.1 Å². The van der Waals surface area contributed by atoms with Gasteiger partial charge in [-0.1, -0.05) is 51.1 Å². The highest BCUT2D eigenvalue weighted by Crippen LogP contribution is 2.39. The molecule has 5 heteroatoms. The van der Waals surface area contributed by atoms with Crippen molar-refractivity contribution in [3.8, 4) is 0 Å². The summed E-state index contributed by atoms with van der Waals surface area (Å²) >= 11 is 0. The molecule has 27 heavy (non-hydrogen) atoms. The monoisotopic (exact) mass is 372 g/mol. The molecule has 2 amide bonds. The lowest BCUT2D eigenvalue weighted by molar-refractivity contribution is -0.148. The zero-order valence-electron chi connectivity index (χ0n) is 16.9. The number of likely N-dealkylation sites (tertiary alicyclic amines) is 1. The average molecular weight is 373 g/mol. The highest BCUT2D eigenvalue weighted by Gasteiger charge is 2.48. The lowest BCUT2D eigenvalue weighted by Crippen LogP contribution is -2.63. The molecule has 3 atom stereocenters. The Labute approximate surface area is 162 Å². The van der Waals surface area contributed by atoms with Crippen LogP contribution in [0.25, 0.3) is 0 Å². The SMILES string of the molecule is CC(C)(C)CC(=O)N1CC[C@@](C)(O)[C@@H](NC(=O)C2CC2)[C@@H]1c1ccccc1. The van der Waals surface area contributed by atoms with Gasteiger partial charge in [0.25, 0.3) is 0 Å². The predicted molar refractivity (Wildman–Crippen MR) is 105 cm³/mol. The molecule has 0 unspecified atom stereocenters. The van der Waals surface area contributed by atoms with Gasteiger partial charge in [0.1, 0.15) is 0 Å². The van der Waals surface area contributed by atoms with Crippen LogP contribution in [0, 0.1) is 11.3 Å². The second kappa shape index (κ2) is 7.27. The van der Waals surface area contributed by atoms with Gasteiger partial charge in [-0.25, -0.2) is 0 Å². The first-order chi connectivity index (χ1) is 12.6. The van der Waals surface area contributed by atoms with Crippen LogP contribution in [0.2, 0.25) is 0 Å². The van der Waals surface area contributed by atoms with Crippen LogP contribution in [-0.2, 0) is 9.59 Å². The molecule has 1 aromatic carbocycles. The number of hydrogen-bond donors (Lipinski definition) is 2. The smallest absolute Gasteiger partial charge is 0.223 e. The van der Waals surface area contributed by atoms with Crippen molar-refractivity contribution in [2.75, 3.05) is 6.54 Å². The van der Waals surface area contributed by atoms with Gasteiger partial charge in [0.05, 0.1) is 17.7 Å². The molecule has 2 aliphatic rings. The molecule has 1 aromatic rings. The zero-order chi connectivity index (χ0) is 19.8. The summed E-state index contributed by atoms with van der Waals surface area (Å²) in [4.78, 5) is 27.5. The number of nitrogens with one attached hydrogen (secondary N) is 1. The van der Waals surface area contributed by atoms with Gasteiger partial charge in [0.2, 0.25) is 11.8 Å². The second-order valence-electron chi connectivity index (χ2n) is 9.55. The Morgan fingerprint density at radius 3 is 2.41 bits per heavy atom. The van der Waals surface area contributed by atoms with Crippen molar-refractivity contribution in [1.82, 2.24) is 10.2 Å². The fraction of sp³-hybridized carbons (Fsp3) is 0.636. The molecule has 0 bridgehead atoms. The van der Waals surface area contributed by atoms with Gasteiger partial charge in [0, 0.05) is 18.9 Å². The van der Waals surface area contributed by atoms with Crippen LogP contribution in [0.3, 0.4) is 0 Å². The molecular weight excluding hydrogens is 340 g/mol. The van der Waals surface area contributed by atoms with E-state index < -0.39 is 11.6 Å². The molecule has 0 spiro atoms. The minimum Gasteiger partial charge on any atom is -0.388 e. The molecule has 1 aliphatic carbocycles. The van der Waals surface area contributed by atoms with Crippen LogP contribution < -0.4 is 5.32 Å². The normalized spacial score (nSPS) is 28.7. The molecule has 148 valence electrons. The van der Waals surface area contributed by atoms with Crippen LogP contribution in [0.5, 0.6) is 0 Å². The zero-order valence-corrected chi connectivity index (χ0v) is 16.9. The van der Waals surface area contributed by atoms with E-state index in [4.69, 9.17) is 0 Å². The van der Waals surface area contributed by atoms with Crippen molar-refractivity contribution in [3.63, 3.8) is 0 Å². The molecule has 1 saturated heterocycles. The summed E-state index contributed by atoms with van der Waals surface area (Å²) < 4.78 is 0. The highest BCUT2D eigenvalue weighted by atomic mass is 16.3. The van der Waals surface area contributed by atoms with Gasteiger partial charge in [0.15, 0.2) is 0 Å². The van der Waals surface area contributed by atoms with Crippen molar-refractivity contribution in [3.05, 3.63) is 35.9 Å². The van der Waals surface area contributed by atoms with E-state index in [-0.39, 0.29) is 29.2 Å². The minimum absolute atomic E-state index is 0.00803. The molecule has 3 rings (SSSR count). The van der Waals surface area contributed by atoms with Crippen molar-refractivity contribution < 1.29 is 14.7 Å². The molecule has 1 saturated carbocycles. The van der Waals surface area contributed by atoms with Crippen LogP contribution in [0.4, 0.5) is 0 Å². The van der Waals surface area contributed by atoms with Gasteiger partial charge < -0.3 is 15.3 Å². The molecular formula is C22H32N2O3. The molecule has 1 aliphatic heterocycles. The maximum Gasteiger partial charge on any atom is 0.223 e. The quantitative estimate of drug-likeness (QED) is 0.853. The summed E-state index contributed by atoms with van der Waals surface area (Å²) in [5, 5.41) is 14.2. The van der Waals surface area contributed by atoms with E-state index in [0.29, 0.717) is 19.4 Å². The number of aliphatic hydroxyl groups is 1. The number of carbonyl (C=O) groups excluding carboxylic acids is 2. The largest absolute Gasteiger partial charge is 0.388 e. The maximum atomic E-state index is 13.1. The Morgan fingerprint density at radius 1 is 1.22 bits per heavy atom. The Hall–Kier alpha value is -1.88. The average Bonchev–Trinajstić information content (AvgIpc) is 3.40. The summed E-state index contributed by atoms with van der Waals surface area (Å²) in [5.41, 5.74) is -0.241. The summed E-state index contributed by atoms with van der Waals surface area (Å²) in [6, 6.07) is 8.86. The standard InChI is InChI=1S/C22H32N2O3/c1-21(2,3)14-17(25)24-13-12-22(4,27)19(23-20(26)16-10-11-16)18(24)15-8-6-5-7-9-15/h5-9,16,18-19,27H,10-14H2,1-4H3,(H,23,26)/t18-,19-,22+/m0/s1. The summed E-state index contributed by atoms with van der Waals surface area (Å²) in [5.74, 6) is 0.113. The van der Waals surface area contributed by atoms with Gasteiger partial charge in [-0.15, -0.1) is 0 Å². The summed E-state index contributed by atoms with van der Waals surface area (Å²) in [6.07, 6.45) is 2.69. The topological polar surface area (TPSA) is 69.6 Å². The first-order valence-electron chi connectivity index (χ1n) is 9.96. The Bertz CT molecular complexity index is 689. The molecule has 0 aromatic heterocycles. The number of hydrogen-bond acceptors (Lipinski definition) is 3. The fourth-order valence-electron chi connectivity index (χ4n) is 3.87. The molecule has 1 heterocycles. The molecule has 0 radical (unpaired) electrons. The Morgan fingerprint density at radius 2 is 1.85 bits per heavy atom. The van der Waals surface area contributed by atoms with E-state index in [1.807, 2.05) is 35.2 Å². The van der Waals surface area contributed by atoms with Crippen LogP contribution >= 0.6 is 0 Å². The van der Waals surface area contributed by atoms with Crippen LogP contribution in [0.15, 0.2) is 30.3 Å². The maximum absolute atomic E-state index is 13.1. The van der Waals surface area contributed by atoms with Gasteiger partial charge in [-0.05, 0) is 37.2 Å². The van der Waals surface area contributed by atoms with E-state index in [9.17, 15) is 14.7 Å². The van der Waals surface area contributed by atoms with Crippen LogP contribution in [0.1, 0.15) is 65.0 Å². The van der Waals surface area contributed by atoms with E-state index in [1.54, 1.807) is 6.92 Å². The third kappa shape index (κ3) is 4.70. The minimum atomic E-state index is -1.07. The Kier molecular flexibility index (Phi) is 5.35. The highest BCUT2D eigenvalue weighted by molar-refractivity contribution is 5.82. The predicted octanol–water partition coefficient (Wildman–Crippen LogP) is 3.04. The molecule has 2 N–H and O–H groups in total. The number of rotatable bonds is 4. The van der Waals surface area contributed by atoms with Gasteiger partial charge in [-0.3, -0.25) is 9.59 Å². The fourth-order valence-corrected chi connectivity index (χ4v) is 3.87. The lowest BCUT2D eigenvalue weighted by Gasteiger charge is -2.49. The van der Waals surface area contributed by atoms with Crippen molar-refractivity contribution in [2.24, 2.45) is 11.3 Å². The first kappa shape index (κ1) is 19.9. The number of carbonyl (C=O) groups is 2. The van der Waals surface area contributed by atoms with Gasteiger partial charge >= 0.3 is 0 Å².